The van der Waals surface area contributed by atoms with Gasteiger partial charge in [0.25, 0.3) is 0 Å². The second kappa shape index (κ2) is 13.5. The molecule has 1 aliphatic rings. The van der Waals surface area contributed by atoms with Gasteiger partial charge < -0.3 is 18.8 Å². The number of aromatic hydroxyl groups is 1. The highest BCUT2D eigenvalue weighted by atomic mass is 79.9. The van der Waals surface area contributed by atoms with E-state index in [9.17, 15) is 18.3 Å². The highest BCUT2D eigenvalue weighted by molar-refractivity contribution is 9.09. The van der Waals surface area contributed by atoms with Gasteiger partial charge in [0.2, 0.25) is 0 Å². The maximum absolute atomic E-state index is 13.0. The second-order valence-electron chi connectivity index (χ2n) is 10.6. The smallest absolute Gasteiger partial charge is 0.385 e. The molecule has 0 radical (unpaired) electrons. The van der Waals surface area contributed by atoms with Crippen molar-refractivity contribution in [1.29, 1.82) is 0 Å². The topological polar surface area (TPSA) is 133 Å². The lowest BCUT2D eigenvalue weighted by molar-refractivity contribution is -0.143. The number of unbranched alkanes of at least 4 members (excludes halogenated alkanes) is 1. The SMILES string of the molecule is CCOC(=O)CC(c1cc(CN2Cc3cc(O)ccc3OS2(=O)=O)cc(OC)c1)c1ccc2c(nnn2CCCCBr)c1C. The number of rotatable bonds is 12. The van der Waals surface area contributed by atoms with Gasteiger partial charge in [-0.05, 0) is 85.3 Å². The summed E-state index contributed by atoms with van der Waals surface area (Å²) in [4.78, 5) is 12.9. The number of alkyl halides is 1. The second-order valence-corrected chi connectivity index (χ2v) is 13.0. The molecule has 44 heavy (non-hydrogen) atoms. The normalized spacial score (nSPS) is 15.0. The van der Waals surface area contributed by atoms with Gasteiger partial charge in [-0.2, -0.15) is 12.7 Å². The number of phenols is 1. The van der Waals surface area contributed by atoms with Gasteiger partial charge in [0.05, 0.1) is 25.7 Å². The molecule has 4 aromatic rings. The van der Waals surface area contributed by atoms with Crippen LogP contribution in [0.25, 0.3) is 11.0 Å². The van der Waals surface area contributed by atoms with Crippen molar-refractivity contribution < 1.29 is 32.0 Å². The average molecular weight is 688 g/mol. The minimum Gasteiger partial charge on any atom is -0.508 e. The van der Waals surface area contributed by atoms with Gasteiger partial charge in [-0.15, -0.1) is 5.10 Å². The number of ether oxygens (including phenoxy) is 2. The third-order valence-electron chi connectivity index (χ3n) is 7.68. The number of hydrogen-bond acceptors (Lipinski definition) is 9. The Kier molecular flexibility index (Phi) is 9.76. The molecule has 0 bridgehead atoms. The van der Waals surface area contributed by atoms with E-state index in [1.54, 1.807) is 13.0 Å². The zero-order valence-corrected chi connectivity index (χ0v) is 27.2. The van der Waals surface area contributed by atoms with Gasteiger partial charge in [-0.25, -0.2) is 4.68 Å². The van der Waals surface area contributed by atoms with Crippen molar-refractivity contribution in [3.63, 3.8) is 0 Å². The Morgan fingerprint density at radius 1 is 1.16 bits per heavy atom. The quantitative estimate of drug-likeness (QED) is 0.119. The van der Waals surface area contributed by atoms with Crippen molar-refractivity contribution in [2.24, 2.45) is 0 Å². The van der Waals surface area contributed by atoms with Crippen LogP contribution >= 0.6 is 15.9 Å². The van der Waals surface area contributed by atoms with E-state index >= 15 is 0 Å². The molecular weight excluding hydrogens is 652 g/mol. The molecule has 1 unspecified atom stereocenters. The first-order valence-corrected chi connectivity index (χ1v) is 16.9. The number of aryl methyl sites for hydroxylation is 2. The van der Waals surface area contributed by atoms with Crippen LogP contribution in [-0.4, -0.2) is 57.8 Å². The summed E-state index contributed by atoms with van der Waals surface area (Å²) in [6.07, 6.45) is 2.05. The average Bonchev–Trinajstić information content (AvgIpc) is 3.41. The Balaban J connectivity index is 1.53. The van der Waals surface area contributed by atoms with Crippen LogP contribution in [0.1, 0.15) is 59.9 Å². The Morgan fingerprint density at radius 2 is 1.98 bits per heavy atom. The van der Waals surface area contributed by atoms with Crippen molar-refractivity contribution in [1.82, 2.24) is 19.3 Å². The summed E-state index contributed by atoms with van der Waals surface area (Å²) in [5.74, 6) is -0.0775. The van der Waals surface area contributed by atoms with Gasteiger partial charge in [-0.1, -0.05) is 33.3 Å². The van der Waals surface area contributed by atoms with Crippen LogP contribution in [0, 0.1) is 6.92 Å². The van der Waals surface area contributed by atoms with Crippen LogP contribution < -0.4 is 8.92 Å². The van der Waals surface area contributed by atoms with Gasteiger partial charge >= 0.3 is 16.3 Å². The van der Waals surface area contributed by atoms with Crippen molar-refractivity contribution in [3.05, 3.63) is 76.3 Å². The van der Waals surface area contributed by atoms with E-state index < -0.39 is 16.2 Å². The van der Waals surface area contributed by atoms with E-state index in [4.69, 9.17) is 13.7 Å². The van der Waals surface area contributed by atoms with Gasteiger partial charge in [0.15, 0.2) is 0 Å². The molecule has 0 saturated heterocycles. The first-order chi connectivity index (χ1) is 21.1. The lowest BCUT2D eigenvalue weighted by Gasteiger charge is -2.28. The van der Waals surface area contributed by atoms with E-state index in [1.165, 1.54) is 29.6 Å². The molecule has 13 heteroatoms. The minimum absolute atomic E-state index is 0.0170. The summed E-state index contributed by atoms with van der Waals surface area (Å²) in [6, 6.07) is 13.8. The third-order valence-corrected chi connectivity index (χ3v) is 9.52. The molecule has 1 N–H and O–H groups in total. The zero-order chi connectivity index (χ0) is 31.4. The van der Waals surface area contributed by atoms with Crippen molar-refractivity contribution in [3.8, 4) is 17.2 Å². The zero-order valence-electron chi connectivity index (χ0n) is 24.8. The molecule has 0 amide bonds. The number of esters is 1. The maximum Gasteiger partial charge on any atom is 0.385 e. The van der Waals surface area contributed by atoms with E-state index in [2.05, 4.69) is 26.2 Å². The van der Waals surface area contributed by atoms with E-state index in [-0.39, 0.29) is 43.6 Å². The predicted octanol–water partition coefficient (Wildman–Crippen LogP) is 5.35. The number of carbonyl (C=O) groups excluding carboxylic acids is 1. The Hall–Kier alpha value is -3.68. The summed E-state index contributed by atoms with van der Waals surface area (Å²) >= 11 is 3.47. The summed E-state index contributed by atoms with van der Waals surface area (Å²) in [5, 5.41) is 19.7. The summed E-state index contributed by atoms with van der Waals surface area (Å²) in [7, 11) is -2.56. The molecule has 1 aliphatic heterocycles. The number of halogens is 1. The van der Waals surface area contributed by atoms with Crippen LogP contribution in [0.5, 0.6) is 17.2 Å². The van der Waals surface area contributed by atoms with Crippen molar-refractivity contribution in [2.45, 2.75) is 58.7 Å². The Bertz CT molecular complexity index is 1780. The fourth-order valence-electron chi connectivity index (χ4n) is 5.52. The first kappa shape index (κ1) is 31.7. The number of nitrogens with zero attached hydrogens (tertiary/aromatic N) is 4. The number of fused-ring (bicyclic) bond motifs is 2. The van der Waals surface area contributed by atoms with Crippen LogP contribution in [-0.2, 0) is 39.5 Å². The highest BCUT2D eigenvalue weighted by Crippen LogP contribution is 2.37. The van der Waals surface area contributed by atoms with E-state index in [1.807, 2.05) is 35.9 Å². The van der Waals surface area contributed by atoms with Crippen LogP contribution in [0.15, 0.2) is 48.5 Å². The van der Waals surface area contributed by atoms with Crippen LogP contribution in [0.4, 0.5) is 0 Å². The highest BCUT2D eigenvalue weighted by Gasteiger charge is 2.32. The minimum atomic E-state index is -4.10. The molecule has 0 spiro atoms. The molecule has 1 aromatic heterocycles. The monoisotopic (exact) mass is 686 g/mol. The summed E-state index contributed by atoms with van der Waals surface area (Å²) < 4.78 is 45.4. The molecule has 0 fully saturated rings. The van der Waals surface area contributed by atoms with Crippen molar-refractivity contribution in [2.75, 3.05) is 19.0 Å². The number of carbonyl (C=O) groups is 1. The summed E-state index contributed by atoms with van der Waals surface area (Å²) in [5.41, 5.74) is 5.41. The molecule has 3 aromatic carbocycles. The number of aromatic nitrogens is 3. The molecule has 5 rings (SSSR count). The standard InChI is InChI=1S/C31H35BrN4O7S/c1-4-42-30(38)17-27(26-8-9-28-31(20(26)2)33-34-36(28)12-6-5-11-32)22-13-21(14-25(16-22)41-3)18-35-19-23-15-24(37)7-10-29(23)43-44(35,39)40/h7-10,13-16,27,37H,4-6,11-12,17-19H2,1-3H3. The third kappa shape index (κ3) is 6.84. The van der Waals surface area contributed by atoms with Gasteiger partial charge in [0.1, 0.15) is 22.8 Å². The lowest BCUT2D eigenvalue weighted by Crippen LogP contribution is -2.37. The van der Waals surface area contributed by atoms with Crippen LogP contribution in [0.3, 0.4) is 0 Å². The van der Waals surface area contributed by atoms with Crippen LogP contribution in [0.2, 0.25) is 0 Å². The number of methoxy groups -OCH3 is 1. The molecule has 234 valence electrons. The van der Waals surface area contributed by atoms with E-state index in [0.29, 0.717) is 16.9 Å². The predicted molar refractivity (Wildman–Crippen MR) is 168 cm³/mol. The molecule has 0 saturated carbocycles. The lowest BCUT2D eigenvalue weighted by atomic mass is 9.84. The fourth-order valence-corrected chi connectivity index (χ4v) is 7.01. The number of hydrogen-bond donors (Lipinski definition) is 1. The molecule has 11 nitrogen and oxygen atoms in total. The van der Waals surface area contributed by atoms with Crippen molar-refractivity contribution >= 4 is 43.2 Å². The summed E-state index contributed by atoms with van der Waals surface area (Å²) in [6.45, 7) is 4.74. The maximum atomic E-state index is 13.0. The Labute approximate surface area is 265 Å². The first-order valence-electron chi connectivity index (χ1n) is 14.4. The molecule has 0 aliphatic carbocycles. The number of benzene rings is 3. The molecule has 1 atom stereocenters. The van der Waals surface area contributed by atoms with Gasteiger partial charge in [0, 0.05) is 36.4 Å². The van der Waals surface area contributed by atoms with Gasteiger partial charge in [-0.3, -0.25) is 4.79 Å². The number of phenolic OH excluding ortho intramolecular Hbond substituents is 1. The van der Waals surface area contributed by atoms with E-state index in [0.717, 1.165) is 52.4 Å². The fraction of sp³-hybridized carbons (Fsp3) is 0.387. The molecular formula is C31H35BrN4O7S. The Morgan fingerprint density at radius 3 is 2.73 bits per heavy atom. The molecule has 2 heterocycles. The largest absolute Gasteiger partial charge is 0.508 e.